The lowest BCUT2D eigenvalue weighted by Gasteiger charge is -2.40. The maximum absolute atomic E-state index is 13.9. The highest BCUT2D eigenvalue weighted by molar-refractivity contribution is 9.10. The molecule has 1 aromatic heterocycles. The Bertz CT molecular complexity index is 1530. The van der Waals surface area contributed by atoms with Gasteiger partial charge in [0, 0.05) is 55.4 Å². The fraction of sp³-hybridized carbons (Fsp3) is 0.343. The molecule has 6 nitrogen and oxygen atoms in total. The minimum absolute atomic E-state index is 0.0536. The number of rotatable bonds is 10. The monoisotopic (exact) mass is 658 g/mol. The summed E-state index contributed by atoms with van der Waals surface area (Å²) in [6, 6.07) is 29.4. The van der Waals surface area contributed by atoms with E-state index in [2.05, 4.69) is 88.4 Å². The summed E-state index contributed by atoms with van der Waals surface area (Å²) in [6.07, 6.45) is 2.14. The van der Waals surface area contributed by atoms with Gasteiger partial charge >= 0.3 is 0 Å². The summed E-state index contributed by atoms with van der Waals surface area (Å²) in [5, 5.41) is 0.311. The van der Waals surface area contributed by atoms with E-state index in [0.717, 1.165) is 41.7 Å². The van der Waals surface area contributed by atoms with Crippen molar-refractivity contribution >= 4 is 33.6 Å². The number of amides is 1. The minimum Gasteiger partial charge on any atom is -0.339 e. The third kappa shape index (κ3) is 7.48. The molecule has 0 radical (unpaired) electrons. The molecule has 1 unspecified atom stereocenters. The third-order valence-corrected chi connectivity index (χ3v) is 9.97. The Kier molecular flexibility index (Phi) is 10.5. The summed E-state index contributed by atoms with van der Waals surface area (Å²) in [5.74, 6) is 0.133. The second-order valence-corrected chi connectivity index (χ2v) is 13.2. The summed E-state index contributed by atoms with van der Waals surface area (Å²) < 4.78 is 2.62. The summed E-state index contributed by atoms with van der Waals surface area (Å²) in [7, 11) is 1.77. The molecule has 4 aromatic rings. The van der Waals surface area contributed by atoms with Crippen LogP contribution in [-0.2, 0) is 18.3 Å². The van der Waals surface area contributed by atoms with Crippen molar-refractivity contribution in [1.82, 2.24) is 19.4 Å². The first-order chi connectivity index (χ1) is 20.9. The summed E-state index contributed by atoms with van der Waals surface area (Å²) in [4.78, 5) is 36.6. The van der Waals surface area contributed by atoms with Gasteiger partial charge < -0.3 is 4.90 Å². The van der Waals surface area contributed by atoms with Crippen LogP contribution in [0, 0.1) is 6.92 Å². The number of piperazine rings is 1. The Balaban J connectivity index is 1.29. The van der Waals surface area contributed by atoms with E-state index >= 15 is 0 Å². The molecule has 1 aliphatic heterocycles. The van der Waals surface area contributed by atoms with Crippen LogP contribution < -0.4 is 5.56 Å². The van der Waals surface area contributed by atoms with Gasteiger partial charge in [0.25, 0.3) is 5.56 Å². The SMILES string of the molecule is CCCC(Sc1nc(C)c(Cc2ccc(Br)cc2)c(=O)n1C)C(=O)N1CCN(C(c2ccccc2)c2ccccc2)CC1. The molecule has 2 heterocycles. The Labute approximate surface area is 267 Å². The minimum atomic E-state index is -0.287. The van der Waals surface area contributed by atoms with Gasteiger partial charge in [-0.2, -0.15) is 0 Å². The number of hydrogen-bond acceptors (Lipinski definition) is 5. The van der Waals surface area contributed by atoms with Gasteiger partial charge in [-0.05, 0) is 42.2 Å². The number of hydrogen-bond donors (Lipinski definition) is 0. The Morgan fingerprint density at radius 1 is 0.907 bits per heavy atom. The van der Waals surface area contributed by atoms with E-state index in [1.807, 2.05) is 36.1 Å². The topological polar surface area (TPSA) is 58.4 Å². The maximum atomic E-state index is 13.9. The molecule has 8 heteroatoms. The third-order valence-electron chi connectivity index (χ3n) is 8.14. The second-order valence-electron chi connectivity index (χ2n) is 11.1. The summed E-state index contributed by atoms with van der Waals surface area (Å²) in [5.41, 5.74) is 4.94. The fourth-order valence-corrected chi connectivity index (χ4v) is 7.31. The number of aryl methyl sites for hydroxylation is 1. The molecular formula is C35H39BrN4O2S. The van der Waals surface area contributed by atoms with Crippen molar-refractivity contribution in [2.45, 2.75) is 49.6 Å². The molecule has 0 bridgehead atoms. The van der Waals surface area contributed by atoms with Crippen LogP contribution in [-0.4, -0.2) is 56.7 Å². The van der Waals surface area contributed by atoms with Crippen molar-refractivity contribution in [3.05, 3.63) is 128 Å². The molecule has 0 aliphatic carbocycles. The molecule has 1 atom stereocenters. The van der Waals surface area contributed by atoms with E-state index in [9.17, 15) is 9.59 Å². The van der Waals surface area contributed by atoms with Crippen molar-refractivity contribution in [3.8, 4) is 0 Å². The van der Waals surface area contributed by atoms with Gasteiger partial charge in [-0.15, -0.1) is 0 Å². The number of thioether (sulfide) groups is 1. The standard InChI is InChI=1S/C35H39BrN4O2S/c1-4-11-31(43-35-37-25(2)30(33(41)38(35)3)24-26-16-18-29(36)19-17-26)34(42)40-22-20-39(21-23-40)32(27-12-7-5-8-13-27)28-14-9-6-10-15-28/h5-10,12-19,31-32H,4,11,20-24H2,1-3H3. The molecule has 224 valence electrons. The van der Waals surface area contributed by atoms with Crippen LogP contribution in [0.25, 0.3) is 0 Å². The average Bonchev–Trinajstić information content (AvgIpc) is 3.03. The van der Waals surface area contributed by atoms with Crippen molar-refractivity contribution in [2.24, 2.45) is 7.05 Å². The zero-order chi connectivity index (χ0) is 30.3. The second kappa shape index (κ2) is 14.5. The highest BCUT2D eigenvalue weighted by atomic mass is 79.9. The quantitative estimate of drug-likeness (QED) is 0.141. The molecule has 1 aliphatic rings. The first-order valence-corrected chi connectivity index (χ1v) is 16.6. The lowest BCUT2D eigenvalue weighted by Crippen LogP contribution is -2.52. The largest absolute Gasteiger partial charge is 0.339 e. The highest BCUT2D eigenvalue weighted by Crippen LogP contribution is 2.31. The number of halogens is 1. The van der Waals surface area contributed by atoms with Gasteiger partial charge in [-0.3, -0.25) is 19.1 Å². The summed E-state index contributed by atoms with van der Waals surface area (Å²) >= 11 is 4.90. The van der Waals surface area contributed by atoms with Crippen molar-refractivity contribution < 1.29 is 4.79 Å². The van der Waals surface area contributed by atoms with E-state index in [4.69, 9.17) is 4.98 Å². The average molecular weight is 660 g/mol. The Morgan fingerprint density at radius 2 is 1.49 bits per heavy atom. The molecule has 1 amide bonds. The Hall–Kier alpha value is -3.20. The molecule has 3 aromatic carbocycles. The van der Waals surface area contributed by atoms with E-state index < -0.39 is 0 Å². The number of nitrogens with zero attached hydrogens (tertiary/aromatic N) is 4. The molecule has 5 rings (SSSR count). The zero-order valence-corrected chi connectivity index (χ0v) is 27.5. The van der Waals surface area contributed by atoms with Gasteiger partial charge in [-0.25, -0.2) is 4.98 Å². The predicted molar refractivity (Wildman–Crippen MR) is 179 cm³/mol. The number of benzene rings is 3. The predicted octanol–water partition coefficient (Wildman–Crippen LogP) is 6.64. The molecule has 0 saturated carbocycles. The van der Waals surface area contributed by atoms with Crippen LogP contribution in [0.5, 0.6) is 0 Å². The fourth-order valence-electron chi connectivity index (χ4n) is 5.76. The molecule has 0 N–H and O–H groups in total. The van der Waals surface area contributed by atoms with E-state index in [-0.39, 0.29) is 22.8 Å². The van der Waals surface area contributed by atoms with Crippen LogP contribution in [0.4, 0.5) is 0 Å². The molecule has 0 spiro atoms. The molecule has 1 saturated heterocycles. The van der Waals surface area contributed by atoms with E-state index in [1.54, 1.807) is 11.6 Å². The van der Waals surface area contributed by atoms with Gasteiger partial charge in [0.2, 0.25) is 5.91 Å². The Morgan fingerprint density at radius 3 is 2.05 bits per heavy atom. The van der Waals surface area contributed by atoms with Crippen LogP contribution in [0.2, 0.25) is 0 Å². The molecular weight excluding hydrogens is 620 g/mol. The van der Waals surface area contributed by atoms with Gasteiger partial charge in [0.05, 0.1) is 11.3 Å². The number of aromatic nitrogens is 2. The normalized spacial score (nSPS) is 14.7. The van der Waals surface area contributed by atoms with Crippen LogP contribution in [0.15, 0.2) is 99.4 Å². The maximum Gasteiger partial charge on any atom is 0.257 e. The molecule has 1 fully saturated rings. The van der Waals surface area contributed by atoms with Crippen molar-refractivity contribution in [1.29, 1.82) is 0 Å². The van der Waals surface area contributed by atoms with E-state index in [0.29, 0.717) is 30.2 Å². The van der Waals surface area contributed by atoms with Gasteiger partial charge in [-0.1, -0.05) is 114 Å². The van der Waals surface area contributed by atoms with Crippen molar-refractivity contribution in [3.63, 3.8) is 0 Å². The first kappa shape index (κ1) is 31.2. The first-order valence-electron chi connectivity index (χ1n) is 15.0. The molecule has 43 heavy (non-hydrogen) atoms. The number of carbonyl (C=O) groups excluding carboxylic acids is 1. The van der Waals surface area contributed by atoms with Crippen molar-refractivity contribution in [2.75, 3.05) is 26.2 Å². The van der Waals surface area contributed by atoms with Gasteiger partial charge in [0.1, 0.15) is 0 Å². The zero-order valence-electron chi connectivity index (χ0n) is 25.1. The number of carbonyl (C=O) groups is 1. The van der Waals surface area contributed by atoms with Crippen LogP contribution in [0.3, 0.4) is 0 Å². The lowest BCUT2D eigenvalue weighted by atomic mass is 9.96. The van der Waals surface area contributed by atoms with E-state index in [1.165, 1.54) is 22.9 Å². The lowest BCUT2D eigenvalue weighted by molar-refractivity contribution is -0.132. The van der Waals surface area contributed by atoms with Crippen LogP contribution >= 0.6 is 27.7 Å². The van der Waals surface area contributed by atoms with Gasteiger partial charge in [0.15, 0.2) is 5.16 Å². The van der Waals surface area contributed by atoms with Crippen LogP contribution in [0.1, 0.15) is 53.8 Å². The smallest absolute Gasteiger partial charge is 0.257 e. The summed E-state index contributed by atoms with van der Waals surface area (Å²) in [6.45, 7) is 6.93. The highest BCUT2D eigenvalue weighted by Gasteiger charge is 2.32.